The SMILES string of the molecule is COc1cc(CCC(=O)NC2CCC(CCN3CCc4nc(OCC(C)(F)F)sc4CC3)CC2)on1. The van der Waals surface area contributed by atoms with Crippen LogP contribution < -0.4 is 14.8 Å². The van der Waals surface area contributed by atoms with Gasteiger partial charge in [0.1, 0.15) is 5.76 Å². The fraction of sp³-hybridized carbons (Fsp3) is 0.720. The van der Waals surface area contributed by atoms with Gasteiger partial charge in [-0.1, -0.05) is 11.3 Å². The van der Waals surface area contributed by atoms with Crippen molar-refractivity contribution in [2.45, 2.75) is 76.7 Å². The molecule has 0 radical (unpaired) electrons. The Morgan fingerprint density at radius 1 is 1.28 bits per heavy atom. The molecule has 0 aromatic carbocycles. The number of hydrogen-bond donors (Lipinski definition) is 1. The molecule has 1 saturated carbocycles. The smallest absolute Gasteiger partial charge is 0.278 e. The maximum absolute atomic E-state index is 13.0. The largest absolute Gasteiger partial charge is 0.479 e. The van der Waals surface area contributed by atoms with Gasteiger partial charge in [-0.05, 0) is 56.1 Å². The van der Waals surface area contributed by atoms with E-state index in [9.17, 15) is 13.6 Å². The van der Waals surface area contributed by atoms with Crippen LogP contribution in [0.15, 0.2) is 10.6 Å². The van der Waals surface area contributed by atoms with Gasteiger partial charge in [0.25, 0.3) is 17.0 Å². The zero-order valence-corrected chi connectivity index (χ0v) is 21.9. The second kappa shape index (κ2) is 12.3. The number of fused-ring (bicyclic) bond motifs is 1. The molecule has 1 aliphatic heterocycles. The van der Waals surface area contributed by atoms with E-state index < -0.39 is 12.5 Å². The molecule has 4 rings (SSSR count). The number of halogens is 2. The molecule has 0 bridgehead atoms. The van der Waals surface area contributed by atoms with Crippen molar-refractivity contribution in [1.82, 2.24) is 20.4 Å². The number of carbonyl (C=O) groups is 1. The first kappa shape index (κ1) is 26.8. The van der Waals surface area contributed by atoms with Gasteiger partial charge in [0.15, 0.2) is 6.61 Å². The van der Waals surface area contributed by atoms with Crippen LogP contribution in [0.1, 0.15) is 61.8 Å². The third-order valence-corrected chi connectivity index (χ3v) is 8.01. The van der Waals surface area contributed by atoms with Gasteiger partial charge in [-0.25, -0.2) is 13.8 Å². The van der Waals surface area contributed by atoms with Crippen LogP contribution in [-0.2, 0) is 24.1 Å². The van der Waals surface area contributed by atoms with E-state index >= 15 is 0 Å². The Labute approximate surface area is 214 Å². The van der Waals surface area contributed by atoms with E-state index in [0.717, 1.165) is 82.1 Å². The summed E-state index contributed by atoms with van der Waals surface area (Å²) >= 11 is 1.40. The molecule has 2 aliphatic rings. The topological polar surface area (TPSA) is 89.7 Å². The minimum atomic E-state index is -2.85. The Kier molecular flexibility index (Phi) is 9.16. The fourth-order valence-electron chi connectivity index (χ4n) is 4.86. The summed E-state index contributed by atoms with van der Waals surface area (Å²) in [5.74, 6) is -1.03. The summed E-state index contributed by atoms with van der Waals surface area (Å²) in [5.41, 5.74) is 0.996. The first-order chi connectivity index (χ1) is 17.3. The van der Waals surface area contributed by atoms with Crippen LogP contribution in [0.3, 0.4) is 0 Å². The molecule has 36 heavy (non-hydrogen) atoms. The Morgan fingerprint density at radius 3 is 2.78 bits per heavy atom. The number of alkyl halides is 2. The second-order valence-electron chi connectivity index (χ2n) is 9.96. The van der Waals surface area contributed by atoms with Crippen LogP contribution in [-0.4, -0.2) is 66.3 Å². The van der Waals surface area contributed by atoms with Crippen LogP contribution in [0.2, 0.25) is 0 Å². The van der Waals surface area contributed by atoms with Crippen LogP contribution in [0.4, 0.5) is 8.78 Å². The number of rotatable bonds is 11. The quantitative estimate of drug-likeness (QED) is 0.468. The van der Waals surface area contributed by atoms with Gasteiger partial charge in [0, 0.05) is 56.3 Å². The van der Waals surface area contributed by atoms with Gasteiger partial charge in [0.05, 0.1) is 12.8 Å². The van der Waals surface area contributed by atoms with Crippen molar-refractivity contribution in [1.29, 1.82) is 0 Å². The summed E-state index contributed by atoms with van der Waals surface area (Å²) in [6.07, 6.45) is 8.09. The lowest BCUT2D eigenvalue weighted by molar-refractivity contribution is -0.122. The molecule has 2 aromatic rings. The van der Waals surface area contributed by atoms with Gasteiger partial charge in [-0.2, -0.15) is 0 Å². The number of nitrogens with zero attached hydrogens (tertiary/aromatic N) is 3. The lowest BCUT2D eigenvalue weighted by atomic mass is 9.84. The van der Waals surface area contributed by atoms with Crippen molar-refractivity contribution in [2.75, 3.05) is 33.4 Å². The highest BCUT2D eigenvalue weighted by molar-refractivity contribution is 7.13. The molecule has 0 saturated heterocycles. The average molecular weight is 527 g/mol. The highest BCUT2D eigenvalue weighted by Crippen LogP contribution is 2.30. The summed E-state index contributed by atoms with van der Waals surface area (Å²) in [6.45, 7) is 3.17. The second-order valence-corrected chi connectivity index (χ2v) is 11.0. The number of aryl methyl sites for hydroxylation is 1. The number of carbonyl (C=O) groups excluding carboxylic acids is 1. The average Bonchev–Trinajstić information content (AvgIpc) is 3.43. The monoisotopic (exact) mass is 526 g/mol. The zero-order chi connectivity index (χ0) is 25.5. The zero-order valence-electron chi connectivity index (χ0n) is 21.1. The van der Waals surface area contributed by atoms with E-state index in [-0.39, 0.29) is 11.9 Å². The molecule has 1 fully saturated rings. The first-order valence-corrected chi connectivity index (χ1v) is 13.6. The molecule has 0 unspecified atom stereocenters. The van der Waals surface area contributed by atoms with E-state index in [0.29, 0.717) is 35.6 Å². The molecule has 11 heteroatoms. The Morgan fingerprint density at radius 2 is 2.06 bits per heavy atom. The standard InChI is InChI=1S/C25H36F2N4O4S/c1-25(26,27)16-34-24-29-20-10-13-31(14-11-21(20)36-24)12-9-17-3-5-18(6-4-17)28-22(32)8-7-19-15-23(33-2)30-35-19/h15,17-18H,3-14,16H2,1-2H3,(H,28,32). The Hall–Kier alpha value is -2.27. The molecule has 1 amide bonds. The predicted molar refractivity (Wildman–Crippen MR) is 132 cm³/mol. The van der Waals surface area contributed by atoms with Crippen molar-refractivity contribution in [3.05, 3.63) is 22.4 Å². The maximum Gasteiger partial charge on any atom is 0.278 e. The van der Waals surface area contributed by atoms with E-state index in [1.165, 1.54) is 18.4 Å². The molecule has 0 spiro atoms. The number of ether oxygens (including phenoxy) is 2. The van der Waals surface area contributed by atoms with Gasteiger partial charge in [-0.3, -0.25) is 4.79 Å². The highest BCUT2D eigenvalue weighted by Gasteiger charge is 2.26. The van der Waals surface area contributed by atoms with Crippen molar-refractivity contribution in [2.24, 2.45) is 5.92 Å². The first-order valence-electron chi connectivity index (χ1n) is 12.8. The highest BCUT2D eigenvalue weighted by atomic mass is 32.1. The van der Waals surface area contributed by atoms with Crippen molar-refractivity contribution in [3.63, 3.8) is 0 Å². The van der Waals surface area contributed by atoms with Crippen LogP contribution in [0.25, 0.3) is 0 Å². The van der Waals surface area contributed by atoms with Crippen molar-refractivity contribution < 1.29 is 27.6 Å². The number of methoxy groups -OCH3 is 1. The lowest BCUT2D eigenvalue weighted by Gasteiger charge is -2.30. The normalized spacial score (nSPS) is 21.0. The summed E-state index contributed by atoms with van der Waals surface area (Å²) in [5, 5.41) is 7.29. The minimum absolute atomic E-state index is 0.0522. The van der Waals surface area contributed by atoms with E-state index in [4.69, 9.17) is 14.0 Å². The van der Waals surface area contributed by atoms with Crippen molar-refractivity contribution in [3.8, 4) is 11.1 Å². The van der Waals surface area contributed by atoms with Gasteiger partial charge < -0.3 is 24.2 Å². The fourth-order valence-corrected chi connectivity index (χ4v) is 5.81. The Bertz CT molecular complexity index is 960. The maximum atomic E-state index is 13.0. The van der Waals surface area contributed by atoms with Crippen LogP contribution >= 0.6 is 11.3 Å². The molecule has 1 N–H and O–H groups in total. The third-order valence-electron chi connectivity index (χ3n) is 6.94. The van der Waals surface area contributed by atoms with Crippen molar-refractivity contribution >= 4 is 17.2 Å². The molecule has 1 aliphatic carbocycles. The van der Waals surface area contributed by atoms with Gasteiger partial charge in [-0.15, -0.1) is 0 Å². The van der Waals surface area contributed by atoms with Gasteiger partial charge in [0.2, 0.25) is 5.91 Å². The molecule has 0 atom stereocenters. The molecule has 200 valence electrons. The molecule has 2 aromatic heterocycles. The molecular weight excluding hydrogens is 490 g/mol. The van der Waals surface area contributed by atoms with E-state index in [1.54, 1.807) is 6.07 Å². The van der Waals surface area contributed by atoms with Crippen LogP contribution in [0, 0.1) is 5.92 Å². The molecule has 8 nitrogen and oxygen atoms in total. The van der Waals surface area contributed by atoms with Gasteiger partial charge >= 0.3 is 0 Å². The number of hydrogen-bond acceptors (Lipinski definition) is 8. The molecular formula is C25H36F2N4O4S. The van der Waals surface area contributed by atoms with E-state index in [2.05, 4.69) is 20.4 Å². The number of nitrogens with one attached hydrogen (secondary N) is 1. The van der Waals surface area contributed by atoms with Crippen LogP contribution in [0.5, 0.6) is 11.1 Å². The predicted octanol–water partition coefficient (Wildman–Crippen LogP) is 4.27. The summed E-state index contributed by atoms with van der Waals surface area (Å²) in [6, 6.07) is 1.96. The Balaban J connectivity index is 1.10. The summed E-state index contributed by atoms with van der Waals surface area (Å²) < 4.78 is 41.4. The minimum Gasteiger partial charge on any atom is -0.479 e. The molecule has 3 heterocycles. The van der Waals surface area contributed by atoms with E-state index in [1.807, 2.05) is 0 Å². The number of aromatic nitrogens is 2. The number of amides is 1. The third kappa shape index (κ3) is 8.12. The summed E-state index contributed by atoms with van der Waals surface area (Å²) in [4.78, 5) is 20.4. The number of thiazole rings is 1. The lowest BCUT2D eigenvalue weighted by Crippen LogP contribution is -2.38. The summed E-state index contributed by atoms with van der Waals surface area (Å²) in [7, 11) is 1.53.